The van der Waals surface area contributed by atoms with Gasteiger partial charge in [0, 0.05) is 0 Å². The molecule has 1 rings (SSSR count). The smallest absolute Gasteiger partial charge is 0.122 e. The summed E-state index contributed by atoms with van der Waals surface area (Å²) in [6.07, 6.45) is 0.497. The van der Waals surface area contributed by atoms with E-state index in [9.17, 15) is 10.2 Å². The van der Waals surface area contributed by atoms with E-state index in [1.54, 1.807) is 12.1 Å². The highest BCUT2D eigenvalue weighted by molar-refractivity contribution is 5.46. The van der Waals surface area contributed by atoms with Gasteiger partial charge in [0.05, 0.1) is 6.61 Å². The summed E-state index contributed by atoms with van der Waals surface area (Å²) in [4.78, 5) is 0. The first-order valence-corrected chi connectivity index (χ1v) is 5.28. The number of rotatable bonds is 4. The lowest BCUT2D eigenvalue weighted by Crippen LogP contribution is -2.07. The van der Waals surface area contributed by atoms with E-state index >= 15 is 0 Å². The molecule has 0 heterocycles. The van der Waals surface area contributed by atoms with Gasteiger partial charge >= 0.3 is 0 Å². The van der Waals surface area contributed by atoms with Crippen molar-refractivity contribution in [3.05, 3.63) is 28.8 Å². The first-order chi connectivity index (χ1) is 7.15. The zero-order chi connectivity index (χ0) is 11.4. The van der Waals surface area contributed by atoms with Crippen molar-refractivity contribution in [3.8, 4) is 5.75 Å². The van der Waals surface area contributed by atoms with Crippen molar-refractivity contribution in [1.29, 1.82) is 0 Å². The van der Waals surface area contributed by atoms with Crippen LogP contribution in [0.25, 0.3) is 0 Å². The van der Waals surface area contributed by atoms with Crippen molar-refractivity contribution >= 4 is 0 Å². The molecule has 0 fully saturated rings. The number of aliphatic hydroxyl groups is 2. The maximum Gasteiger partial charge on any atom is 0.122 e. The van der Waals surface area contributed by atoms with Crippen LogP contribution >= 0.6 is 0 Å². The van der Waals surface area contributed by atoms with Gasteiger partial charge in [-0.15, -0.1) is 0 Å². The fraction of sp³-hybridized carbons (Fsp3) is 0.500. The minimum Gasteiger partial charge on any atom is -0.507 e. The van der Waals surface area contributed by atoms with E-state index in [2.05, 4.69) is 0 Å². The molecule has 3 N–H and O–H groups in total. The molecule has 1 unspecified atom stereocenters. The highest BCUT2D eigenvalue weighted by atomic mass is 16.3. The Bertz CT molecular complexity index is 334. The highest BCUT2D eigenvalue weighted by Crippen LogP contribution is 2.30. The van der Waals surface area contributed by atoms with E-state index in [1.807, 2.05) is 13.8 Å². The van der Waals surface area contributed by atoms with Gasteiger partial charge in [-0.05, 0) is 29.5 Å². The van der Waals surface area contributed by atoms with Crippen LogP contribution in [0, 0.1) is 0 Å². The van der Waals surface area contributed by atoms with Crippen molar-refractivity contribution in [2.24, 2.45) is 0 Å². The third-order valence-electron chi connectivity index (χ3n) is 2.67. The number of aromatic hydroxyl groups is 1. The van der Waals surface area contributed by atoms with Crippen LogP contribution in [-0.4, -0.2) is 21.9 Å². The van der Waals surface area contributed by atoms with Crippen LogP contribution in [-0.2, 0) is 12.8 Å². The Morgan fingerprint density at radius 3 is 2.33 bits per heavy atom. The molecule has 1 aromatic rings. The Morgan fingerprint density at radius 1 is 1.20 bits per heavy atom. The Labute approximate surface area is 90.0 Å². The zero-order valence-electron chi connectivity index (χ0n) is 9.20. The number of benzene rings is 1. The molecule has 84 valence electrons. The molecule has 15 heavy (non-hydrogen) atoms. The Morgan fingerprint density at radius 2 is 1.87 bits per heavy atom. The third kappa shape index (κ3) is 2.30. The van der Waals surface area contributed by atoms with Gasteiger partial charge < -0.3 is 15.3 Å². The average Bonchev–Trinajstić information content (AvgIpc) is 2.27. The van der Waals surface area contributed by atoms with Gasteiger partial charge in [0.15, 0.2) is 0 Å². The van der Waals surface area contributed by atoms with E-state index in [0.717, 1.165) is 17.5 Å². The summed E-state index contributed by atoms with van der Waals surface area (Å²) >= 11 is 0. The molecule has 0 aliphatic heterocycles. The quantitative estimate of drug-likeness (QED) is 0.706. The summed E-state index contributed by atoms with van der Waals surface area (Å²) in [5.41, 5.74) is 2.23. The van der Waals surface area contributed by atoms with Crippen molar-refractivity contribution in [2.75, 3.05) is 6.61 Å². The van der Waals surface area contributed by atoms with E-state index in [4.69, 9.17) is 5.11 Å². The molecule has 3 heteroatoms. The molecule has 0 saturated carbocycles. The largest absolute Gasteiger partial charge is 0.507 e. The van der Waals surface area contributed by atoms with Crippen molar-refractivity contribution in [2.45, 2.75) is 32.8 Å². The molecular formula is C12H18O3. The second kappa shape index (κ2) is 5.14. The van der Waals surface area contributed by atoms with E-state index in [1.165, 1.54) is 0 Å². The molecule has 1 aromatic carbocycles. The molecule has 0 amide bonds. The molecule has 0 aromatic heterocycles. The summed E-state index contributed by atoms with van der Waals surface area (Å²) in [5.74, 6) is 0.255. The Hall–Kier alpha value is -1.06. The lowest BCUT2D eigenvalue weighted by molar-refractivity contribution is 0.0947. The lowest BCUT2D eigenvalue weighted by atomic mass is 9.96. The normalized spacial score (nSPS) is 12.8. The van der Waals surface area contributed by atoms with E-state index in [0.29, 0.717) is 12.0 Å². The van der Waals surface area contributed by atoms with Gasteiger partial charge in [0.25, 0.3) is 0 Å². The fourth-order valence-electron chi connectivity index (χ4n) is 1.77. The summed E-state index contributed by atoms with van der Waals surface area (Å²) in [5, 5.41) is 28.4. The number of hydrogen-bond acceptors (Lipinski definition) is 3. The number of phenolic OH excluding ortho intramolecular Hbond substituents is 1. The second-order valence-electron chi connectivity index (χ2n) is 3.55. The van der Waals surface area contributed by atoms with Gasteiger partial charge in [-0.3, -0.25) is 0 Å². The Kier molecular flexibility index (Phi) is 4.12. The number of hydrogen-bond donors (Lipinski definition) is 3. The van der Waals surface area contributed by atoms with Gasteiger partial charge in [-0.25, -0.2) is 0 Å². The molecular weight excluding hydrogens is 192 g/mol. The van der Waals surface area contributed by atoms with Crippen molar-refractivity contribution < 1.29 is 15.3 Å². The van der Waals surface area contributed by atoms with Crippen LogP contribution in [0.1, 0.15) is 36.6 Å². The molecule has 0 radical (unpaired) electrons. The predicted molar refractivity (Wildman–Crippen MR) is 58.9 cm³/mol. The van der Waals surface area contributed by atoms with E-state index < -0.39 is 6.10 Å². The minimum absolute atomic E-state index is 0.255. The summed E-state index contributed by atoms with van der Waals surface area (Å²) in [7, 11) is 0. The fourth-order valence-corrected chi connectivity index (χ4v) is 1.77. The number of phenols is 1. The molecule has 0 aliphatic carbocycles. The van der Waals surface area contributed by atoms with Gasteiger partial charge in [-0.2, -0.15) is 0 Å². The van der Waals surface area contributed by atoms with Crippen LogP contribution in [0.15, 0.2) is 12.1 Å². The van der Waals surface area contributed by atoms with Gasteiger partial charge in [0.2, 0.25) is 0 Å². The second-order valence-corrected chi connectivity index (χ2v) is 3.55. The van der Waals surface area contributed by atoms with Crippen LogP contribution < -0.4 is 0 Å². The number of aryl methyl sites for hydroxylation is 1. The highest BCUT2D eigenvalue weighted by Gasteiger charge is 2.15. The van der Waals surface area contributed by atoms with Crippen LogP contribution in [0.5, 0.6) is 5.75 Å². The van der Waals surface area contributed by atoms with Crippen LogP contribution in [0.2, 0.25) is 0 Å². The molecule has 3 nitrogen and oxygen atoms in total. The molecule has 1 atom stereocenters. The first kappa shape index (κ1) is 12.0. The molecule has 0 aliphatic rings. The van der Waals surface area contributed by atoms with Crippen molar-refractivity contribution in [1.82, 2.24) is 0 Å². The predicted octanol–water partition coefficient (Wildman–Crippen LogP) is 1.54. The summed E-state index contributed by atoms with van der Waals surface area (Å²) in [6, 6.07) is 3.57. The molecule has 0 saturated heterocycles. The summed E-state index contributed by atoms with van der Waals surface area (Å²) in [6.45, 7) is 3.57. The van der Waals surface area contributed by atoms with Gasteiger partial charge in [-0.1, -0.05) is 26.0 Å². The molecule has 0 spiro atoms. The Balaban J connectivity index is 3.24. The zero-order valence-corrected chi connectivity index (χ0v) is 9.20. The maximum atomic E-state index is 9.92. The third-order valence-corrected chi connectivity index (χ3v) is 2.67. The van der Waals surface area contributed by atoms with Gasteiger partial charge in [0.1, 0.15) is 11.9 Å². The summed E-state index contributed by atoms with van der Waals surface area (Å²) < 4.78 is 0. The first-order valence-electron chi connectivity index (χ1n) is 5.28. The lowest BCUT2D eigenvalue weighted by Gasteiger charge is -2.16. The van der Waals surface area contributed by atoms with Crippen molar-refractivity contribution in [3.63, 3.8) is 0 Å². The van der Waals surface area contributed by atoms with Crippen LogP contribution in [0.4, 0.5) is 0 Å². The monoisotopic (exact) mass is 210 g/mol. The topological polar surface area (TPSA) is 60.7 Å². The maximum absolute atomic E-state index is 9.92. The average molecular weight is 210 g/mol. The number of aliphatic hydroxyl groups excluding tert-OH is 2. The van der Waals surface area contributed by atoms with Crippen LogP contribution in [0.3, 0.4) is 0 Å². The van der Waals surface area contributed by atoms with E-state index in [-0.39, 0.29) is 12.4 Å². The SMILES string of the molecule is CCc1ccc(C(O)CO)c(CC)c1O. The standard InChI is InChI=1S/C12H18O3/c1-3-8-5-6-10(11(14)7-13)9(4-2)12(8)15/h5-6,11,13-15H,3-4,7H2,1-2H3. The molecule has 0 bridgehead atoms. The minimum atomic E-state index is -0.906.